The highest BCUT2D eigenvalue weighted by molar-refractivity contribution is 5.30. The van der Waals surface area contributed by atoms with E-state index >= 15 is 0 Å². The SMILES string of the molecule is CC(C)CNCc1ncnn1-c1ccccc1. The van der Waals surface area contributed by atoms with Crippen LogP contribution in [0.3, 0.4) is 0 Å². The van der Waals surface area contributed by atoms with Crippen LogP contribution in [0.1, 0.15) is 19.7 Å². The quantitative estimate of drug-likeness (QED) is 0.854. The lowest BCUT2D eigenvalue weighted by atomic mass is 10.2. The number of rotatable bonds is 5. The largest absolute Gasteiger partial charge is 0.310 e. The first-order chi connectivity index (χ1) is 8.27. The first kappa shape index (κ1) is 11.8. The number of benzene rings is 1. The van der Waals surface area contributed by atoms with Crippen molar-refractivity contribution in [3.05, 3.63) is 42.5 Å². The van der Waals surface area contributed by atoms with Crippen LogP contribution in [-0.2, 0) is 6.54 Å². The van der Waals surface area contributed by atoms with E-state index in [2.05, 4.69) is 29.2 Å². The van der Waals surface area contributed by atoms with Crippen LogP contribution in [0.15, 0.2) is 36.7 Å². The van der Waals surface area contributed by atoms with E-state index in [1.54, 1.807) is 6.33 Å². The highest BCUT2D eigenvalue weighted by Crippen LogP contribution is 2.07. The molecule has 0 aliphatic rings. The van der Waals surface area contributed by atoms with Gasteiger partial charge in [0.25, 0.3) is 0 Å². The molecule has 2 rings (SSSR count). The first-order valence-corrected chi connectivity index (χ1v) is 5.92. The molecule has 0 saturated heterocycles. The van der Waals surface area contributed by atoms with Crippen LogP contribution in [0.25, 0.3) is 5.69 Å². The first-order valence-electron chi connectivity index (χ1n) is 5.92. The summed E-state index contributed by atoms with van der Waals surface area (Å²) in [5.41, 5.74) is 1.05. The van der Waals surface area contributed by atoms with Crippen molar-refractivity contribution >= 4 is 0 Å². The van der Waals surface area contributed by atoms with Gasteiger partial charge in [-0.3, -0.25) is 0 Å². The van der Waals surface area contributed by atoms with Gasteiger partial charge in [-0.1, -0.05) is 32.0 Å². The molecule has 0 fully saturated rings. The van der Waals surface area contributed by atoms with Crippen molar-refractivity contribution in [1.29, 1.82) is 0 Å². The molecule has 4 heteroatoms. The van der Waals surface area contributed by atoms with Crippen molar-refractivity contribution in [3.63, 3.8) is 0 Å². The molecule has 1 aromatic heterocycles. The summed E-state index contributed by atoms with van der Waals surface area (Å²) in [6, 6.07) is 10.1. The van der Waals surface area contributed by atoms with Gasteiger partial charge in [0.15, 0.2) is 0 Å². The summed E-state index contributed by atoms with van der Waals surface area (Å²) in [7, 11) is 0. The van der Waals surface area contributed by atoms with Crippen molar-refractivity contribution in [2.45, 2.75) is 20.4 Å². The minimum Gasteiger partial charge on any atom is -0.310 e. The topological polar surface area (TPSA) is 42.7 Å². The molecule has 90 valence electrons. The second-order valence-corrected chi connectivity index (χ2v) is 4.45. The summed E-state index contributed by atoms with van der Waals surface area (Å²) in [6.45, 7) is 6.11. The number of nitrogens with one attached hydrogen (secondary N) is 1. The summed E-state index contributed by atoms with van der Waals surface area (Å²) in [4.78, 5) is 4.28. The van der Waals surface area contributed by atoms with Crippen LogP contribution in [0.5, 0.6) is 0 Å². The minimum absolute atomic E-state index is 0.642. The number of hydrogen-bond donors (Lipinski definition) is 1. The minimum atomic E-state index is 0.642. The summed E-state index contributed by atoms with van der Waals surface area (Å²) >= 11 is 0. The smallest absolute Gasteiger partial charge is 0.146 e. The van der Waals surface area contributed by atoms with Gasteiger partial charge >= 0.3 is 0 Å². The zero-order valence-corrected chi connectivity index (χ0v) is 10.3. The zero-order valence-electron chi connectivity index (χ0n) is 10.3. The molecule has 0 radical (unpaired) electrons. The molecule has 0 spiro atoms. The average molecular weight is 230 g/mol. The van der Waals surface area contributed by atoms with E-state index in [1.807, 2.05) is 35.0 Å². The van der Waals surface area contributed by atoms with E-state index in [1.165, 1.54) is 0 Å². The Kier molecular flexibility index (Phi) is 3.88. The predicted molar refractivity (Wildman–Crippen MR) is 67.9 cm³/mol. The molecule has 0 saturated carbocycles. The van der Waals surface area contributed by atoms with Gasteiger partial charge < -0.3 is 5.32 Å². The highest BCUT2D eigenvalue weighted by Gasteiger charge is 2.05. The number of para-hydroxylation sites is 1. The van der Waals surface area contributed by atoms with E-state index in [0.29, 0.717) is 5.92 Å². The normalized spacial score (nSPS) is 11.0. The van der Waals surface area contributed by atoms with Crippen molar-refractivity contribution in [2.24, 2.45) is 5.92 Å². The molecule has 2 aromatic rings. The van der Waals surface area contributed by atoms with Crippen LogP contribution in [0.4, 0.5) is 0 Å². The van der Waals surface area contributed by atoms with E-state index in [9.17, 15) is 0 Å². The van der Waals surface area contributed by atoms with Gasteiger partial charge in [-0.2, -0.15) is 5.10 Å². The van der Waals surface area contributed by atoms with Crippen molar-refractivity contribution in [2.75, 3.05) is 6.54 Å². The summed E-state index contributed by atoms with van der Waals surface area (Å²) < 4.78 is 1.87. The Labute approximate surface area is 102 Å². The Hall–Kier alpha value is -1.68. The van der Waals surface area contributed by atoms with E-state index in [0.717, 1.165) is 24.6 Å². The molecular formula is C13H18N4. The van der Waals surface area contributed by atoms with Gasteiger partial charge in [-0.15, -0.1) is 0 Å². The Morgan fingerprint density at radius 3 is 2.71 bits per heavy atom. The van der Waals surface area contributed by atoms with Crippen molar-refractivity contribution in [3.8, 4) is 5.69 Å². The van der Waals surface area contributed by atoms with Gasteiger partial charge in [0.2, 0.25) is 0 Å². The number of aromatic nitrogens is 3. The molecule has 0 aliphatic carbocycles. The van der Waals surface area contributed by atoms with Crippen LogP contribution < -0.4 is 5.32 Å². The van der Waals surface area contributed by atoms with Gasteiger partial charge in [-0.05, 0) is 24.6 Å². The Morgan fingerprint density at radius 2 is 2.00 bits per heavy atom. The molecule has 1 heterocycles. The number of hydrogen-bond acceptors (Lipinski definition) is 3. The maximum Gasteiger partial charge on any atom is 0.146 e. The van der Waals surface area contributed by atoms with Gasteiger partial charge in [0, 0.05) is 0 Å². The molecule has 0 atom stereocenters. The number of nitrogens with zero attached hydrogens (tertiary/aromatic N) is 3. The fourth-order valence-corrected chi connectivity index (χ4v) is 1.64. The lowest BCUT2D eigenvalue weighted by Crippen LogP contribution is -2.21. The second kappa shape index (κ2) is 5.59. The standard InChI is InChI=1S/C13H18N4/c1-11(2)8-14-9-13-15-10-16-17(13)12-6-4-3-5-7-12/h3-7,10-11,14H,8-9H2,1-2H3. The van der Waals surface area contributed by atoms with E-state index in [4.69, 9.17) is 0 Å². The Bertz CT molecular complexity index is 447. The third kappa shape index (κ3) is 3.14. The van der Waals surface area contributed by atoms with Crippen LogP contribution in [0, 0.1) is 5.92 Å². The Balaban J connectivity index is 2.07. The van der Waals surface area contributed by atoms with E-state index in [-0.39, 0.29) is 0 Å². The second-order valence-electron chi connectivity index (χ2n) is 4.45. The third-order valence-electron chi connectivity index (χ3n) is 2.45. The van der Waals surface area contributed by atoms with Crippen LogP contribution in [0.2, 0.25) is 0 Å². The summed E-state index contributed by atoms with van der Waals surface area (Å²) in [5, 5.41) is 7.62. The molecule has 1 aromatic carbocycles. The van der Waals surface area contributed by atoms with Crippen molar-refractivity contribution in [1.82, 2.24) is 20.1 Å². The van der Waals surface area contributed by atoms with Gasteiger partial charge in [-0.25, -0.2) is 9.67 Å². The third-order valence-corrected chi connectivity index (χ3v) is 2.45. The molecule has 0 bridgehead atoms. The maximum absolute atomic E-state index is 4.28. The monoisotopic (exact) mass is 230 g/mol. The van der Waals surface area contributed by atoms with Crippen LogP contribution in [-0.4, -0.2) is 21.3 Å². The van der Waals surface area contributed by atoms with Gasteiger partial charge in [0.1, 0.15) is 12.2 Å². The fourth-order valence-electron chi connectivity index (χ4n) is 1.64. The lowest BCUT2D eigenvalue weighted by Gasteiger charge is -2.08. The van der Waals surface area contributed by atoms with Crippen LogP contribution >= 0.6 is 0 Å². The average Bonchev–Trinajstić information content (AvgIpc) is 2.78. The fraction of sp³-hybridized carbons (Fsp3) is 0.385. The summed E-state index contributed by atoms with van der Waals surface area (Å²) in [6.07, 6.45) is 1.60. The molecule has 0 unspecified atom stereocenters. The highest BCUT2D eigenvalue weighted by atomic mass is 15.3. The maximum atomic E-state index is 4.28. The molecule has 0 aliphatic heterocycles. The van der Waals surface area contributed by atoms with Crippen molar-refractivity contribution < 1.29 is 0 Å². The lowest BCUT2D eigenvalue weighted by molar-refractivity contribution is 0.538. The molecule has 1 N–H and O–H groups in total. The molecule has 4 nitrogen and oxygen atoms in total. The van der Waals surface area contributed by atoms with E-state index < -0.39 is 0 Å². The zero-order chi connectivity index (χ0) is 12.1. The predicted octanol–water partition coefficient (Wildman–Crippen LogP) is 2.01. The molecule has 0 amide bonds. The summed E-state index contributed by atoms with van der Waals surface area (Å²) in [5.74, 6) is 1.58. The molecule has 17 heavy (non-hydrogen) atoms. The Morgan fingerprint density at radius 1 is 1.24 bits per heavy atom. The molecular weight excluding hydrogens is 212 g/mol. The van der Waals surface area contributed by atoms with Gasteiger partial charge in [0.05, 0.1) is 12.2 Å².